The van der Waals surface area contributed by atoms with Gasteiger partial charge in [-0.2, -0.15) is 0 Å². The molecule has 5 nitrogen and oxygen atoms in total. The molecule has 0 aromatic rings. The smallest absolute Gasteiger partial charge is 0.323 e. The van der Waals surface area contributed by atoms with Crippen LogP contribution in [0.5, 0.6) is 0 Å². The zero-order valence-electron chi connectivity index (χ0n) is 9.77. The number of ether oxygens (including phenoxy) is 1. The Morgan fingerprint density at radius 1 is 1.40 bits per heavy atom. The average Bonchev–Trinajstić information content (AvgIpc) is 2.15. The monoisotopic (exact) mass is 209 g/mol. The summed E-state index contributed by atoms with van der Waals surface area (Å²) >= 11 is 0. The normalized spacial score (nSPS) is 20.7. The van der Waals surface area contributed by atoms with E-state index in [1.54, 1.807) is 0 Å². The fourth-order valence-corrected chi connectivity index (χ4v) is 1.62. The van der Waals surface area contributed by atoms with Crippen molar-refractivity contribution in [3.8, 4) is 0 Å². The van der Waals surface area contributed by atoms with Gasteiger partial charge in [-0.3, -0.25) is 9.69 Å². The zero-order chi connectivity index (χ0) is 10.6. The molecule has 1 aliphatic rings. The third-order valence-corrected chi connectivity index (χ3v) is 2.59. The van der Waals surface area contributed by atoms with E-state index in [0.29, 0.717) is 0 Å². The Morgan fingerprint density at radius 3 is 2.33 bits per heavy atom. The van der Waals surface area contributed by atoms with Crippen molar-refractivity contribution in [2.24, 2.45) is 0 Å². The van der Waals surface area contributed by atoms with Gasteiger partial charge in [-0.1, -0.05) is 0 Å². The largest absolute Gasteiger partial charge is 0.480 e. The number of likely N-dealkylation sites (N-methyl/N-ethyl adjacent to an activating group) is 1. The van der Waals surface area contributed by atoms with E-state index in [2.05, 4.69) is 4.90 Å². The van der Waals surface area contributed by atoms with Gasteiger partial charge in [0.25, 0.3) is 0 Å². The third-order valence-electron chi connectivity index (χ3n) is 2.59. The molecule has 0 amide bonds. The van der Waals surface area contributed by atoms with Crippen LogP contribution in [0.2, 0.25) is 0 Å². The molecule has 6 heteroatoms. The van der Waals surface area contributed by atoms with Crippen molar-refractivity contribution in [1.29, 1.82) is 0 Å². The van der Waals surface area contributed by atoms with Gasteiger partial charge in [0, 0.05) is 52.1 Å². The summed E-state index contributed by atoms with van der Waals surface area (Å²) in [5.41, 5.74) is 0. The van der Waals surface area contributed by atoms with E-state index in [1.807, 2.05) is 11.9 Å². The summed E-state index contributed by atoms with van der Waals surface area (Å²) in [6.07, 6.45) is 0. The molecule has 0 aliphatic carbocycles. The van der Waals surface area contributed by atoms with Crippen molar-refractivity contribution in [1.82, 2.24) is 9.80 Å². The van der Waals surface area contributed by atoms with E-state index in [4.69, 9.17) is 9.84 Å². The second-order valence-electron chi connectivity index (χ2n) is 3.65. The van der Waals surface area contributed by atoms with E-state index in [9.17, 15) is 4.79 Å². The van der Waals surface area contributed by atoms with Crippen LogP contribution in [-0.2, 0) is 9.53 Å². The molecule has 0 aromatic heterocycles. The number of hydrogen-bond donors (Lipinski definition) is 1. The Bertz CT molecular complexity index is 196. The van der Waals surface area contributed by atoms with Crippen molar-refractivity contribution in [2.45, 2.75) is 6.04 Å². The summed E-state index contributed by atoms with van der Waals surface area (Å²) in [5, 5.41) is 8.99. The fraction of sp³-hybridized carbons (Fsp3) is 0.889. The molecule has 83 valence electrons. The summed E-state index contributed by atoms with van der Waals surface area (Å²) < 4.78 is 4.91. The first-order valence-corrected chi connectivity index (χ1v) is 4.79. The molecule has 1 unspecified atom stereocenters. The molecule has 1 fully saturated rings. The number of aliphatic carboxylic acids is 1. The first-order valence-electron chi connectivity index (χ1n) is 4.79. The second-order valence-corrected chi connectivity index (χ2v) is 3.65. The van der Waals surface area contributed by atoms with Crippen molar-refractivity contribution in [3.05, 3.63) is 0 Å². The average molecular weight is 209 g/mol. The summed E-state index contributed by atoms with van der Waals surface area (Å²) in [6.45, 7) is 3.72. The summed E-state index contributed by atoms with van der Waals surface area (Å²) in [7, 11) is 3.58. The van der Waals surface area contributed by atoms with Crippen molar-refractivity contribution < 1.29 is 14.6 Å². The summed E-state index contributed by atoms with van der Waals surface area (Å²) in [6, 6.07) is -0.492. The SMILES string of the molecule is COCC(C(=O)O)N1CCN(C)CC1.[Li]. The summed E-state index contributed by atoms with van der Waals surface area (Å²) in [4.78, 5) is 15.1. The Kier molecular flexibility index (Phi) is 7.23. The molecule has 1 rings (SSSR count). The van der Waals surface area contributed by atoms with Crippen LogP contribution in [0, 0.1) is 0 Å². The molecule has 15 heavy (non-hydrogen) atoms. The quantitative estimate of drug-likeness (QED) is 0.599. The van der Waals surface area contributed by atoms with Crippen LogP contribution in [0.3, 0.4) is 0 Å². The minimum atomic E-state index is -0.795. The van der Waals surface area contributed by atoms with Gasteiger partial charge < -0.3 is 14.7 Å². The van der Waals surface area contributed by atoms with E-state index >= 15 is 0 Å². The summed E-state index contributed by atoms with van der Waals surface area (Å²) in [5.74, 6) is -0.795. The standard InChI is InChI=1S/C9H18N2O3.Li/c1-10-3-5-11(6-4-10)8(7-14-2)9(12)13;/h8H,3-7H2,1-2H3,(H,12,13);. The number of hydrogen-bond acceptors (Lipinski definition) is 4. The molecule has 1 heterocycles. The Morgan fingerprint density at radius 2 is 1.93 bits per heavy atom. The number of rotatable bonds is 4. The Balaban J connectivity index is 0.00000196. The predicted molar refractivity (Wildman–Crippen MR) is 58.1 cm³/mol. The number of nitrogens with zero attached hydrogens (tertiary/aromatic N) is 2. The fourth-order valence-electron chi connectivity index (χ4n) is 1.62. The molecule has 1 radical (unpaired) electrons. The molecular formula is C9H18LiN2O3. The first-order chi connectivity index (χ1) is 6.65. The van der Waals surface area contributed by atoms with Gasteiger partial charge in [0.15, 0.2) is 0 Å². The molecular weight excluding hydrogens is 191 g/mol. The minimum absolute atomic E-state index is 0. The molecule has 0 saturated carbocycles. The van der Waals surface area contributed by atoms with Crippen LogP contribution in [0.1, 0.15) is 0 Å². The first kappa shape index (κ1) is 14.9. The minimum Gasteiger partial charge on any atom is -0.480 e. The molecule has 1 N–H and O–H groups in total. The Labute approximate surface area is 103 Å². The molecule has 1 aliphatic heterocycles. The van der Waals surface area contributed by atoms with E-state index in [-0.39, 0.29) is 25.5 Å². The van der Waals surface area contributed by atoms with Crippen LogP contribution >= 0.6 is 0 Å². The van der Waals surface area contributed by atoms with Gasteiger partial charge in [0.05, 0.1) is 6.61 Å². The van der Waals surface area contributed by atoms with E-state index < -0.39 is 12.0 Å². The van der Waals surface area contributed by atoms with Crippen molar-refractivity contribution >= 4 is 24.8 Å². The maximum atomic E-state index is 10.9. The van der Waals surface area contributed by atoms with Crippen molar-refractivity contribution in [3.63, 3.8) is 0 Å². The zero-order valence-corrected chi connectivity index (χ0v) is 9.77. The molecule has 1 saturated heterocycles. The number of methoxy groups -OCH3 is 1. The maximum Gasteiger partial charge on any atom is 0.323 e. The molecule has 0 aromatic carbocycles. The Hall–Kier alpha value is -0.0526. The molecule has 0 bridgehead atoms. The number of carboxylic acids is 1. The van der Waals surface area contributed by atoms with Crippen LogP contribution in [-0.4, -0.2) is 92.7 Å². The van der Waals surface area contributed by atoms with Gasteiger partial charge in [-0.15, -0.1) is 0 Å². The van der Waals surface area contributed by atoms with Gasteiger partial charge >= 0.3 is 5.97 Å². The number of carbonyl (C=O) groups is 1. The van der Waals surface area contributed by atoms with Gasteiger partial charge in [0.1, 0.15) is 6.04 Å². The van der Waals surface area contributed by atoms with Crippen LogP contribution in [0.4, 0.5) is 0 Å². The maximum absolute atomic E-state index is 10.9. The van der Waals surface area contributed by atoms with E-state index in [0.717, 1.165) is 26.2 Å². The van der Waals surface area contributed by atoms with Gasteiger partial charge in [-0.25, -0.2) is 0 Å². The van der Waals surface area contributed by atoms with Crippen LogP contribution in [0.15, 0.2) is 0 Å². The van der Waals surface area contributed by atoms with Crippen LogP contribution < -0.4 is 0 Å². The van der Waals surface area contributed by atoms with Crippen LogP contribution in [0.25, 0.3) is 0 Å². The molecule has 1 atom stereocenters. The van der Waals surface area contributed by atoms with Crippen molar-refractivity contribution in [2.75, 3.05) is 46.9 Å². The predicted octanol–water partition coefficient (Wildman–Crippen LogP) is -1.05. The van der Waals surface area contributed by atoms with Gasteiger partial charge in [0.2, 0.25) is 0 Å². The topological polar surface area (TPSA) is 53.0 Å². The number of carboxylic acid groups (broad SMARTS) is 1. The second kappa shape index (κ2) is 7.26. The third kappa shape index (κ3) is 4.54. The van der Waals surface area contributed by atoms with E-state index in [1.165, 1.54) is 7.11 Å². The number of piperazine rings is 1. The molecule has 0 spiro atoms. The van der Waals surface area contributed by atoms with Gasteiger partial charge in [-0.05, 0) is 7.05 Å².